The van der Waals surface area contributed by atoms with E-state index in [2.05, 4.69) is 5.32 Å². The van der Waals surface area contributed by atoms with Gasteiger partial charge in [-0.2, -0.15) is 0 Å². The van der Waals surface area contributed by atoms with Crippen LogP contribution >= 0.6 is 23.2 Å². The Labute approximate surface area is 157 Å². The van der Waals surface area contributed by atoms with Crippen LogP contribution in [0.15, 0.2) is 42.5 Å². The number of hydrogen-bond donors (Lipinski definition) is 2. The van der Waals surface area contributed by atoms with E-state index in [-0.39, 0.29) is 0 Å². The lowest BCUT2D eigenvalue weighted by molar-refractivity contribution is 0.147. The second kappa shape index (κ2) is 7.13. The van der Waals surface area contributed by atoms with Crippen LogP contribution in [0.25, 0.3) is 21.5 Å². The zero-order valence-electron chi connectivity index (χ0n) is 13.9. The Morgan fingerprint density at radius 2 is 1.60 bits per heavy atom. The van der Waals surface area contributed by atoms with Gasteiger partial charge in [0.25, 0.3) is 0 Å². The lowest BCUT2D eigenvalue weighted by Crippen LogP contribution is -2.35. The lowest BCUT2D eigenvalue weighted by atomic mass is 9.89. The molecule has 0 saturated carbocycles. The standard InChI is InChI=1S/C21H21Cl2NO/c22-18-8-3-6-14-16(18)12-17-15(7-4-9-19(17)23)21(14)20(25)11-13-5-1-2-10-24-13/h3-4,6-9,12-13,20,24-25H,1-2,5,10-11H2. The largest absolute Gasteiger partial charge is 0.388 e. The zero-order chi connectivity index (χ0) is 17.4. The highest BCUT2D eigenvalue weighted by Crippen LogP contribution is 2.39. The topological polar surface area (TPSA) is 32.3 Å². The SMILES string of the molecule is OC(CC1CCCCN1)c1c2cccc(Cl)c2cc2c(Cl)cccc12. The Hall–Kier alpha value is -1.32. The quantitative estimate of drug-likeness (QED) is 0.563. The van der Waals surface area contributed by atoms with Crippen molar-refractivity contribution in [1.29, 1.82) is 0 Å². The predicted octanol–water partition coefficient (Wildman–Crippen LogP) is 5.87. The average Bonchev–Trinajstić information content (AvgIpc) is 2.62. The van der Waals surface area contributed by atoms with Crippen LogP contribution in [-0.2, 0) is 0 Å². The van der Waals surface area contributed by atoms with Gasteiger partial charge in [0.1, 0.15) is 0 Å². The van der Waals surface area contributed by atoms with Crippen molar-refractivity contribution in [3.05, 3.63) is 58.1 Å². The van der Waals surface area contributed by atoms with Crippen molar-refractivity contribution in [3.8, 4) is 0 Å². The number of hydrogen-bond acceptors (Lipinski definition) is 2. The van der Waals surface area contributed by atoms with E-state index in [4.69, 9.17) is 23.2 Å². The first kappa shape index (κ1) is 17.1. The molecule has 25 heavy (non-hydrogen) atoms. The van der Waals surface area contributed by atoms with Crippen molar-refractivity contribution in [2.75, 3.05) is 6.54 Å². The Morgan fingerprint density at radius 3 is 2.16 bits per heavy atom. The molecule has 0 aromatic heterocycles. The fourth-order valence-corrected chi connectivity index (χ4v) is 4.46. The molecule has 2 N–H and O–H groups in total. The molecular weight excluding hydrogens is 353 g/mol. The van der Waals surface area contributed by atoms with E-state index in [1.807, 2.05) is 42.5 Å². The fourth-order valence-electron chi connectivity index (χ4n) is 4.00. The smallest absolute Gasteiger partial charge is 0.0816 e. The van der Waals surface area contributed by atoms with Gasteiger partial charge in [0, 0.05) is 26.9 Å². The molecule has 0 aliphatic carbocycles. The number of halogens is 2. The van der Waals surface area contributed by atoms with E-state index in [1.54, 1.807) is 0 Å². The van der Waals surface area contributed by atoms with Crippen molar-refractivity contribution >= 4 is 44.7 Å². The van der Waals surface area contributed by atoms with Crippen LogP contribution in [0, 0.1) is 0 Å². The highest BCUT2D eigenvalue weighted by atomic mass is 35.5. The van der Waals surface area contributed by atoms with E-state index in [1.165, 1.54) is 12.8 Å². The molecule has 3 aromatic rings. The summed E-state index contributed by atoms with van der Waals surface area (Å²) < 4.78 is 0. The van der Waals surface area contributed by atoms with Crippen LogP contribution in [0.2, 0.25) is 10.0 Å². The first-order valence-corrected chi connectivity index (χ1v) is 9.61. The first-order chi connectivity index (χ1) is 12.1. The molecular formula is C21H21Cl2NO. The molecule has 2 unspecified atom stereocenters. The van der Waals surface area contributed by atoms with Crippen LogP contribution in [0.1, 0.15) is 37.4 Å². The molecule has 0 amide bonds. The molecule has 4 heteroatoms. The maximum atomic E-state index is 11.1. The van der Waals surface area contributed by atoms with E-state index in [9.17, 15) is 5.11 Å². The van der Waals surface area contributed by atoms with Gasteiger partial charge >= 0.3 is 0 Å². The number of nitrogens with one attached hydrogen (secondary N) is 1. The Kier molecular flexibility index (Phi) is 4.88. The first-order valence-electron chi connectivity index (χ1n) is 8.86. The third-order valence-electron chi connectivity index (χ3n) is 5.23. The number of rotatable bonds is 3. The van der Waals surface area contributed by atoms with Crippen molar-refractivity contribution in [1.82, 2.24) is 5.32 Å². The summed E-state index contributed by atoms with van der Waals surface area (Å²) in [5, 5.41) is 19.9. The maximum absolute atomic E-state index is 11.1. The second-order valence-electron chi connectivity index (χ2n) is 6.86. The monoisotopic (exact) mass is 373 g/mol. The lowest BCUT2D eigenvalue weighted by Gasteiger charge is -2.27. The number of piperidine rings is 1. The molecule has 1 fully saturated rings. The average molecular weight is 374 g/mol. The summed E-state index contributed by atoms with van der Waals surface area (Å²) in [6.07, 6.45) is 3.70. The molecule has 4 rings (SSSR count). The molecule has 0 radical (unpaired) electrons. The van der Waals surface area contributed by atoms with Crippen LogP contribution in [0.3, 0.4) is 0 Å². The maximum Gasteiger partial charge on any atom is 0.0816 e. The minimum Gasteiger partial charge on any atom is -0.388 e. The summed E-state index contributed by atoms with van der Waals surface area (Å²) in [5.41, 5.74) is 0.935. The van der Waals surface area contributed by atoms with Gasteiger partial charge in [0.2, 0.25) is 0 Å². The van der Waals surface area contributed by atoms with Crippen LogP contribution in [0.5, 0.6) is 0 Å². The minimum atomic E-state index is -0.557. The Balaban J connectivity index is 1.89. The van der Waals surface area contributed by atoms with E-state index in [0.717, 1.165) is 40.1 Å². The molecule has 1 aliphatic heterocycles. The van der Waals surface area contributed by atoms with Crippen molar-refractivity contribution < 1.29 is 5.11 Å². The summed E-state index contributed by atoms with van der Waals surface area (Å²) in [4.78, 5) is 0. The molecule has 3 aromatic carbocycles. The van der Waals surface area contributed by atoms with Gasteiger partial charge in [0.15, 0.2) is 0 Å². The normalized spacial score (nSPS) is 19.4. The molecule has 2 nitrogen and oxygen atoms in total. The highest BCUT2D eigenvalue weighted by molar-refractivity contribution is 6.38. The van der Waals surface area contributed by atoms with Crippen molar-refractivity contribution in [3.63, 3.8) is 0 Å². The van der Waals surface area contributed by atoms with Gasteiger partial charge in [-0.25, -0.2) is 0 Å². The number of benzene rings is 3. The number of fused-ring (bicyclic) bond motifs is 2. The number of aliphatic hydroxyl groups is 1. The Morgan fingerprint density at radius 1 is 0.960 bits per heavy atom. The van der Waals surface area contributed by atoms with Crippen LogP contribution in [0.4, 0.5) is 0 Å². The summed E-state index contributed by atoms with van der Waals surface area (Å²) in [6, 6.07) is 14.1. The summed E-state index contributed by atoms with van der Waals surface area (Å²) >= 11 is 12.9. The van der Waals surface area contributed by atoms with Gasteiger partial charge in [-0.05, 0) is 60.3 Å². The van der Waals surface area contributed by atoms with Gasteiger partial charge in [-0.3, -0.25) is 0 Å². The zero-order valence-corrected chi connectivity index (χ0v) is 15.4. The predicted molar refractivity (Wildman–Crippen MR) is 107 cm³/mol. The second-order valence-corrected chi connectivity index (χ2v) is 7.67. The molecule has 1 saturated heterocycles. The molecule has 2 atom stereocenters. The highest BCUT2D eigenvalue weighted by Gasteiger charge is 2.22. The fraction of sp³-hybridized carbons (Fsp3) is 0.333. The van der Waals surface area contributed by atoms with Gasteiger partial charge in [-0.15, -0.1) is 0 Å². The van der Waals surface area contributed by atoms with Crippen LogP contribution in [-0.4, -0.2) is 17.7 Å². The third kappa shape index (κ3) is 3.24. The molecule has 0 spiro atoms. The van der Waals surface area contributed by atoms with Gasteiger partial charge in [0.05, 0.1) is 6.10 Å². The van der Waals surface area contributed by atoms with Crippen LogP contribution < -0.4 is 5.32 Å². The molecule has 130 valence electrons. The van der Waals surface area contributed by atoms with E-state index < -0.39 is 6.10 Å². The molecule has 1 heterocycles. The molecule has 1 aliphatic rings. The summed E-state index contributed by atoms with van der Waals surface area (Å²) in [6.45, 7) is 1.03. The van der Waals surface area contributed by atoms with E-state index in [0.29, 0.717) is 22.5 Å². The van der Waals surface area contributed by atoms with Crippen molar-refractivity contribution in [2.24, 2.45) is 0 Å². The number of aliphatic hydroxyl groups excluding tert-OH is 1. The minimum absolute atomic E-state index is 0.354. The van der Waals surface area contributed by atoms with E-state index >= 15 is 0 Å². The van der Waals surface area contributed by atoms with Gasteiger partial charge < -0.3 is 10.4 Å². The summed E-state index contributed by atoms with van der Waals surface area (Å²) in [5.74, 6) is 0. The van der Waals surface area contributed by atoms with Gasteiger partial charge in [-0.1, -0.05) is 53.9 Å². The van der Waals surface area contributed by atoms with Crippen molar-refractivity contribution in [2.45, 2.75) is 37.8 Å². The molecule has 0 bridgehead atoms. The summed E-state index contributed by atoms with van der Waals surface area (Å²) in [7, 11) is 0. The third-order valence-corrected chi connectivity index (χ3v) is 5.89. The Bertz CT molecular complexity index is 859.